The second kappa shape index (κ2) is 14.5. The van der Waals surface area contributed by atoms with Gasteiger partial charge < -0.3 is 20.1 Å². The van der Waals surface area contributed by atoms with Gasteiger partial charge in [0.2, 0.25) is 17.7 Å². The highest BCUT2D eigenvalue weighted by atomic mass is 16.5. The first-order valence-electron chi connectivity index (χ1n) is 18.6. The fourth-order valence-corrected chi connectivity index (χ4v) is 7.12. The maximum absolute atomic E-state index is 13.8. The Morgan fingerprint density at radius 1 is 0.964 bits per heavy atom. The lowest BCUT2D eigenvalue weighted by molar-refractivity contribution is -0.133. The highest BCUT2D eigenvalue weighted by molar-refractivity contribution is 6.07. The maximum atomic E-state index is 13.8. The standard InChI is InChI=1S/C42H41N9O5/c1-24-18-28(11-12-29(24)21-43-39(54)37-48-41(56-49-37)42(2,3)4)36-34-20-30(22-51(34)45-23-44-36)25-7-9-26(10-8-25)40(55)50-17-5-6-27-19-31(13-15-33(27)50)46-32-14-16-35(52)47-38(32)53/h7-13,15,18-20,22-23,32,46H,5-6,14,16-17,21H2,1-4H3,(H,43,54)(H,47,52,53). The summed E-state index contributed by atoms with van der Waals surface area (Å²) in [6, 6.07) is 20.9. The molecule has 1 fully saturated rings. The number of carbonyl (C=O) groups excluding carboxylic acids is 4. The average molecular weight is 752 g/mol. The summed E-state index contributed by atoms with van der Waals surface area (Å²) in [7, 11) is 0. The summed E-state index contributed by atoms with van der Waals surface area (Å²) < 4.78 is 7.06. The molecule has 4 amide bonds. The molecule has 5 heterocycles. The summed E-state index contributed by atoms with van der Waals surface area (Å²) in [4.78, 5) is 61.0. The van der Waals surface area contributed by atoms with Crippen LogP contribution in [0, 0.1) is 6.92 Å². The zero-order valence-electron chi connectivity index (χ0n) is 31.6. The Morgan fingerprint density at radius 2 is 1.77 bits per heavy atom. The number of amides is 4. The summed E-state index contributed by atoms with van der Waals surface area (Å²) in [5.74, 6) is -0.652. The number of carbonyl (C=O) groups is 4. The van der Waals surface area contributed by atoms with Gasteiger partial charge in [0.1, 0.15) is 12.4 Å². The molecule has 3 aromatic carbocycles. The number of hydrogen-bond acceptors (Lipinski definition) is 10. The smallest absolute Gasteiger partial charge is 0.292 e. The first kappa shape index (κ1) is 36.3. The van der Waals surface area contributed by atoms with Crippen LogP contribution < -0.4 is 20.9 Å². The van der Waals surface area contributed by atoms with Crippen LogP contribution >= 0.6 is 0 Å². The van der Waals surface area contributed by atoms with Crippen molar-refractivity contribution in [3.63, 3.8) is 0 Å². The minimum Gasteiger partial charge on any atom is -0.374 e. The van der Waals surface area contributed by atoms with Crippen molar-refractivity contribution in [3.05, 3.63) is 113 Å². The number of benzene rings is 3. The number of nitrogens with one attached hydrogen (secondary N) is 3. The Hall–Kier alpha value is -6.70. The first-order valence-corrected chi connectivity index (χ1v) is 18.6. The van der Waals surface area contributed by atoms with Crippen LogP contribution in [0.1, 0.15) is 83.6 Å². The van der Waals surface area contributed by atoms with E-state index in [1.165, 1.54) is 6.33 Å². The fourth-order valence-electron chi connectivity index (χ4n) is 7.12. The molecule has 8 rings (SSSR count). The molecule has 284 valence electrons. The van der Waals surface area contributed by atoms with Crippen molar-refractivity contribution in [2.75, 3.05) is 16.8 Å². The molecular weight excluding hydrogens is 711 g/mol. The minimum atomic E-state index is -0.473. The van der Waals surface area contributed by atoms with E-state index in [9.17, 15) is 19.2 Å². The molecule has 3 N–H and O–H groups in total. The van der Waals surface area contributed by atoms with Gasteiger partial charge in [-0.25, -0.2) is 9.50 Å². The van der Waals surface area contributed by atoms with Gasteiger partial charge in [-0.05, 0) is 90.9 Å². The molecule has 2 aliphatic heterocycles. The second-order valence-electron chi connectivity index (χ2n) is 15.3. The van der Waals surface area contributed by atoms with Crippen LogP contribution in [0.15, 0.2) is 83.8 Å². The van der Waals surface area contributed by atoms with Gasteiger partial charge in [0.25, 0.3) is 17.6 Å². The molecule has 14 heteroatoms. The molecule has 0 spiro atoms. The molecular formula is C42H41N9O5. The van der Waals surface area contributed by atoms with Gasteiger partial charge in [0.05, 0.1) is 11.2 Å². The van der Waals surface area contributed by atoms with E-state index >= 15 is 0 Å². The molecule has 0 radical (unpaired) electrons. The van der Waals surface area contributed by atoms with E-state index in [-0.39, 0.29) is 29.0 Å². The Balaban J connectivity index is 0.952. The molecule has 6 aromatic rings. The lowest BCUT2D eigenvalue weighted by Crippen LogP contribution is -2.47. The van der Waals surface area contributed by atoms with Gasteiger partial charge in [0, 0.05) is 59.2 Å². The number of rotatable bonds is 8. The van der Waals surface area contributed by atoms with Gasteiger partial charge in [0.15, 0.2) is 0 Å². The monoisotopic (exact) mass is 751 g/mol. The van der Waals surface area contributed by atoms with E-state index in [2.05, 4.69) is 36.2 Å². The molecule has 0 aliphatic carbocycles. The Bertz CT molecular complexity index is 2510. The van der Waals surface area contributed by atoms with Crippen LogP contribution in [0.4, 0.5) is 11.4 Å². The van der Waals surface area contributed by atoms with Crippen LogP contribution in [0.2, 0.25) is 0 Å². The number of imide groups is 1. The van der Waals surface area contributed by atoms with E-state index in [0.717, 1.165) is 68.8 Å². The highest BCUT2D eigenvalue weighted by Crippen LogP contribution is 2.33. The van der Waals surface area contributed by atoms with E-state index in [0.29, 0.717) is 37.4 Å². The predicted octanol–water partition coefficient (Wildman–Crippen LogP) is 5.79. The Labute approximate surface area is 322 Å². The summed E-state index contributed by atoms with van der Waals surface area (Å²) >= 11 is 0. The van der Waals surface area contributed by atoms with Gasteiger partial charge >= 0.3 is 0 Å². The zero-order valence-corrected chi connectivity index (χ0v) is 31.6. The quantitative estimate of drug-likeness (QED) is 0.161. The third-order valence-corrected chi connectivity index (χ3v) is 10.2. The molecule has 1 saturated heterocycles. The number of piperidine rings is 1. The van der Waals surface area contributed by atoms with Gasteiger partial charge in [-0.1, -0.05) is 50.2 Å². The van der Waals surface area contributed by atoms with Crippen molar-refractivity contribution >= 4 is 40.5 Å². The van der Waals surface area contributed by atoms with Crippen molar-refractivity contribution in [3.8, 4) is 22.4 Å². The predicted molar refractivity (Wildman–Crippen MR) is 209 cm³/mol. The van der Waals surface area contributed by atoms with E-state index < -0.39 is 11.9 Å². The largest absolute Gasteiger partial charge is 0.374 e. The maximum Gasteiger partial charge on any atom is 0.292 e. The molecule has 0 saturated carbocycles. The summed E-state index contributed by atoms with van der Waals surface area (Å²) in [6.45, 7) is 8.71. The number of aromatic nitrogens is 5. The summed E-state index contributed by atoms with van der Waals surface area (Å²) in [6.07, 6.45) is 5.85. The van der Waals surface area contributed by atoms with E-state index in [1.54, 1.807) is 4.52 Å². The number of anilines is 2. The SMILES string of the molecule is Cc1cc(-c2ncnn3cc(-c4ccc(C(=O)N5CCCc6cc(NC7CCC(=O)NC7=O)ccc65)cc4)cc23)ccc1CNC(=O)c1noc(C(C)(C)C)n1. The number of aryl methyl sites for hydroxylation is 2. The summed E-state index contributed by atoms with van der Waals surface area (Å²) in [5.41, 5.74) is 9.17. The van der Waals surface area contributed by atoms with Crippen LogP contribution in [-0.2, 0) is 28.0 Å². The van der Waals surface area contributed by atoms with Crippen molar-refractivity contribution in [2.45, 2.75) is 71.4 Å². The number of nitrogens with zero attached hydrogens (tertiary/aromatic N) is 6. The van der Waals surface area contributed by atoms with E-state index in [1.807, 2.05) is 106 Å². The lowest BCUT2D eigenvalue weighted by Gasteiger charge is -2.30. The van der Waals surface area contributed by atoms with Gasteiger partial charge in [-0.15, -0.1) is 0 Å². The van der Waals surface area contributed by atoms with Crippen molar-refractivity contribution in [1.29, 1.82) is 0 Å². The zero-order chi connectivity index (χ0) is 39.1. The van der Waals surface area contributed by atoms with Crippen molar-refractivity contribution in [1.82, 2.24) is 35.4 Å². The normalized spacial score (nSPS) is 15.7. The topological polar surface area (TPSA) is 177 Å². The Morgan fingerprint density at radius 3 is 2.52 bits per heavy atom. The number of fused-ring (bicyclic) bond motifs is 2. The molecule has 1 atom stereocenters. The lowest BCUT2D eigenvalue weighted by atomic mass is 9.97. The Kier molecular flexibility index (Phi) is 9.40. The highest BCUT2D eigenvalue weighted by Gasteiger charge is 2.28. The van der Waals surface area contributed by atoms with Gasteiger partial charge in [-0.3, -0.25) is 24.5 Å². The molecule has 1 unspecified atom stereocenters. The second-order valence-corrected chi connectivity index (χ2v) is 15.3. The van der Waals surface area contributed by atoms with Gasteiger partial charge in [-0.2, -0.15) is 10.1 Å². The fraction of sp³-hybridized carbons (Fsp3) is 0.286. The van der Waals surface area contributed by atoms with Crippen LogP contribution in [0.25, 0.3) is 27.9 Å². The molecule has 14 nitrogen and oxygen atoms in total. The number of hydrogen-bond donors (Lipinski definition) is 3. The molecule has 0 bridgehead atoms. The average Bonchev–Trinajstić information content (AvgIpc) is 3.87. The first-order chi connectivity index (χ1) is 26.9. The van der Waals surface area contributed by atoms with E-state index in [4.69, 9.17) is 4.52 Å². The van der Waals surface area contributed by atoms with Crippen molar-refractivity contribution in [2.24, 2.45) is 0 Å². The third-order valence-electron chi connectivity index (χ3n) is 10.2. The molecule has 56 heavy (non-hydrogen) atoms. The minimum absolute atomic E-state index is 0.00338. The van der Waals surface area contributed by atoms with Crippen LogP contribution in [0.5, 0.6) is 0 Å². The third kappa shape index (κ3) is 7.25. The molecule has 3 aromatic heterocycles. The summed E-state index contributed by atoms with van der Waals surface area (Å²) in [5, 5.41) is 16.8. The molecule has 2 aliphatic rings. The van der Waals surface area contributed by atoms with Crippen molar-refractivity contribution < 1.29 is 23.7 Å². The van der Waals surface area contributed by atoms with Crippen LogP contribution in [-0.4, -0.2) is 61.0 Å². The van der Waals surface area contributed by atoms with Crippen LogP contribution in [0.3, 0.4) is 0 Å².